The Bertz CT molecular complexity index is 532. The standard InChI is InChI=1S/C12H16N4O2/c1-2-15-7-10(5-13)14-11(12(15)18)16-4-3-9(6-16)8-17/h7,9,17H,2-4,6,8H2,1H3/t9-/m1/s1. The van der Waals surface area contributed by atoms with E-state index < -0.39 is 0 Å². The first-order valence-electron chi connectivity index (χ1n) is 6.07. The van der Waals surface area contributed by atoms with Crippen molar-refractivity contribution in [2.75, 3.05) is 24.6 Å². The summed E-state index contributed by atoms with van der Waals surface area (Å²) in [5, 5.41) is 18.0. The Kier molecular flexibility index (Phi) is 3.63. The summed E-state index contributed by atoms with van der Waals surface area (Å²) in [5.74, 6) is 0.513. The third-order valence-corrected chi connectivity index (χ3v) is 3.26. The van der Waals surface area contributed by atoms with E-state index >= 15 is 0 Å². The van der Waals surface area contributed by atoms with E-state index in [4.69, 9.17) is 10.4 Å². The van der Waals surface area contributed by atoms with Crippen LogP contribution in [-0.2, 0) is 6.54 Å². The van der Waals surface area contributed by atoms with E-state index in [1.165, 1.54) is 10.8 Å². The summed E-state index contributed by atoms with van der Waals surface area (Å²) in [6.45, 7) is 3.81. The molecule has 6 nitrogen and oxygen atoms in total. The maximum Gasteiger partial charge on any atom is 0.293 e. The molecule has 0 amide bonds. The molecule has 0 radical (unpaired) electrons. The zero-order valence-corrected chi connectivity index (χ0v) is 10.3. The van der Waals surface area contributed by atoms with Gasteiger partial charge in [0.05, 0.1) is 0 Å². The van der Waals surface area contributed by atoms with Gasteiger partial charge in [-0.05, 0) is 13.3 Å². The van der Waals surface area contributed by atoms with Crippen LogP contribution in [-0.4, -0.2) is 34.4 Å². The highest BCUT2D eigenvalue weighted by Crippen LogP contribution is 2.19. The minimum absolute atomic E-state index is 0.121. The number of nitriles is 1. The maximum absolute atomic E-state index is 12.1. The first-order chi connectivity index (χ1) is 8.69. The smallest absolute Gasteiger partial charge is 0.293 e. The van der Waals surface area contributed by atoms with Gasteiger partial charge >= 0.3 is 0 Å². The van der Waals surface area contributed by atoms with Gasteiger partial charge < -0.3 is 14.6 Å². The first kappa shape index (κ1) is 12.6. The normalized spacial score (nSPS) is 18.9. The van der Waals surface area contributed by atoms with Crippen LogP contribution >= 0.6 is 0 Å². The number of aliphatic hydroxyl groups excluding tert-OH is 1. The molecule has 1 fully saturated rings. The lowest BCUT2D eigenvalue weighted by atomic mass is 10.1. The fourth-order valence-corrected chi connectivity index (χ4v) is 2.19. The SMILES string of the molecule is CCn1cc(C#N)nc(N2CC[C@@H](CO)C2)c1=O. The van der Waals surface area contributed by atoms with Gasteiger partial charge in [-0.2, -0.15) is 5.26 Å². The van der Waals surface area contributed by atoms with E-state index in [2.05, 4.69) is 4.98 Å². The maximum atomic E-state index is 12.1. The number of aliphatic hydroxyl groups is 1. The highest BCUT2D eigenvalue weighted by Gasteiger charge is 2.25. The van der Waals surface area contributed by atoms with Gasteiger partial charge in [0.25, 0.3) is 5.56 Å². The molecule has 0 aliphatic carbocycles. The number of aryl methyl sites for hydroxylation is 1. The topological polar surface area (TPSA) is 82.2 Å². The molecule has 96 valence electrons. The zero-order valence-electron chi connectivity index (χ0n) is 10.3. The van der Waals surface area contributed by atoms with Crippen molar-refractivity contribution in [3.63, 3.8) is 0 Å². The molecule has 18 heavy (non-hydrogen) atoms. The second kappa shape index (κ2) is 5.19. The van der Waals surface area contributed by atoms with Crippen LogP contribution in [0.25, 0.3) is 0 Å². The second-order valence-electron chi connectivity index (χ2n) is 4.44. The Morgan fingerprint density at radius 1 is 1.67 bits per heavy atom. The predicted molar refractivity (Wildman–Crippen MR) is 66.3 cm³/mol. The second-order valence-corrected chi connectivity index (χ2v) is 4.44. The van der Waals surface area contributed by atoms with Gasteiger partial charge in [-0.3, -0.25) is 4.79 Å². The largest absolute Gasteiger partial charge is 0.396 e. The Balaban J connectivity index is 2.39. The summed E-state index contributed by atoms with van der Waals surface area (Å²) in [6, 6.07) is 1.97. The number of rotatable bonds is 3. The molecule has 0 unspecified atom stereocenters. The van der Waals surface area contributed by atoms with E-state index in [0.29, 0.717) is 25.5 Å². The third kappa shape index (κ3) is 2.22. The molecule has 1 aromatic heterocycles. The summed E-state index contributed by atoms with van der Waals surface area (Å²) in [4.78, 5) is 18.1. The van der Waals surface area contributed by atoms with Gasteiger partial charge in [0, 0.05) is 38.4 Å². The molecule has 0 aromatic carbocycles. The van der Waals surface area contributed by atoms with Crippen molar-refractivity contribution in [2.45, 2.75) is 19.9 Å². The van der Waals surface area contributed by atoms with Gasteiger partial charge in [0.15, 0.2) is 11.5 Å². The number of hydrogen-bond donors (Lipinski definition) is 1. The first-order valence-corrected chi connectivity index (χ1v) is 6.07. The summed E-state index contributed by atoms with van der Waals surface area (Å²) in [7, 11) is 0. The average Bonchev–Trinajstić information content (AvgIpc) is 2.87. The molecular weight excluding hydrogens is 232 g/mol. The molecule has 2 rings (SSSR count). The minimum Gasteiger partial charge on any atom is -0.396 e. The van der Waals surface area contributed by atoms with E-state index in [9.17, 15) is 4.79 Å². The van der Waals surface area contributed by atoms with Crippen LogP contribution in [0.1, 0.15) is 19.0 Å². The fourth-order valence-electron chi connectivity index (χ4n) is 2.19. The summed E-state index contributed by atoms with van der Waals surface area (Å²) >= 11 is 0. The summed E-state index contributed by atoms with van der Waals surface area (Å²) in [5.41, 5.74) is 0.0778. The Morgan fingerprint density at radius 3 is 3.00 bits per heavy atom. The zero-order chi connectivity index (χ0) is 13.1. The molecule has 6 heteroatoms. The molecule has 1 N–H and O–H groups in total. The summed E-state index contributed by atoms with van der Waals surface area (Å²) < 4.78 is 1.49. The molecule has 1 atom stereocenters. The number of anilines is 1. The highest BCUT2D eigenvalue weighted by molar-refractivity contribution is 5.40. The predicted octanol–water partition coefficient (Wildman–Crippen LogP) is -0.0465. The molecule has 1 aliphatic heterocycles. The molecule has 1 aromatic rings. The molecule has 0 saturated carbocycles. The number of hydrogen-bond acceptors (Lipinski definition) is 5. The van der Waals surface area contributed by atoms with Crippen molar-refractivity contribution in [3.05, 3.63) is 22.2 Å². The molecule has 1 aliphatic rings. The minimum atomic E-state index is -0.171. The summed E-state index contributed by atoms with van der Waals surface area (Å²) in [6.07, 6.45) is 2.33. The van der Waals surface area contributed by atoms with Crippen molar-refractivity contribution in [2.24, 2.45) is 5.92 Å². The van der Waals surface area contributed by atoms with Crippen molar-refractivity contribution in [1.82, 2.24) is 9.55 Å². The van der Waals surface area contributed by atoms with Gasteiger partial charge in [-0.25, -0.2) is 4.98 Å². The molecule has 1 saturated heterocycles. The Labute approximate surface area is 105 Å². The van der Waals surface area contributed by atoms with E-state index in [-0.39, 0.29) is 23.8 Å². The van der Waals surface area contributed by atoms with Crippen LogP contribution in [0.4, 0.5) is 5.82 Å². The van der Waals surface area contributed by atoms with Crippen molar-refractivity contribution in [1.29, 1.82) is 5.26 Å². The van der Waals surface area contributed by atoms with Crippen LogP contribution < -0.4 is 10.5 Å². The highest BCUT2D eigenvalue weighted by atomic mass is 16.3. The Morgan fingerprint density at radius 2 is 2.44 bits per heavy atom. The molecule has 0 bridgehead atoms. The van der Waals surface area contributed by atoms with E-state index in [1.807, 2.05) is 17.9 Å². The van der Waals surface area contributed by atoms with Crippen LogP contribution in [0, 0.1) is 17.2 Å². The Hall–Kier alpha value is -1.87. The van der Waals surface area contributed by atoms with Gasteiger partial charge in [0.1, 0.15) is 6.07 Å². The lowest BCUT2D eigenvalue weighted by molar-refractivity contribution is 0.238. The van der Waals surface area contributed by atoms with Crippen LogP contribution in [0.5, 0.6) is 0 Å². The average molecular weight is 248 g/mol. The van der Waals surface area contributed by atoms with Crippen molar-refractivity contribution >= 4 is 5.82 Å². The van der Waals surface area contributed by atoms with Gasteiger partial charge in [-0.1, -0.05) is 0 Å². The lowest BCUT2D eigenvalue weighted by Crippen LogP contribution is -2.32. The van der Waals surface area contributed by atoms with Crippen LogP contribution in [0.15, 0.2) is 11.0 Å². The number of nitrogens with zero attached hydrogens (tertiary/aromatic N) is 4. The fraction of sp³-hybridized carbons (Fsp3) is 0.583. The monoisotopic (exact) mass is 248 g/mol. The quantitative estimate of drug-likeness (QED) is 0.811. The van der Waals surface area contributed by atoms with Gasteiger partial charge in [0.2, 0.25) is 0 Å². The third-order valence-electron chi connectivity index (χ3n) is 3.26. The van der Waals surface area contributed by atoms with Crippen LogP contribution in [0.2, 0.25) is 0 Å². The van der Waals surface area contributed by atoms with Crippen molar-refractivity contribution in [3.8, 4) is 6.07 Å². The van der Waals surface area contributed by atoms with Crippen LogP contribution in [0.3, 0.4) is 0 Å². The lowest BCUT2D eigenvalue weighted by Gasteiger charge is -2.17. The molecule has 0 spiro atoms. The van der Waals surface area contributed by atoms with Crippen molar-refractivity contribution < 1.29 is 5.11 Å². The van der Waals surface area contributed by atoms with Gasteiger partial charge in [-0.15, -0.1) is 0 Å². The molecular formula is C12H16N4O2. The van der Waals surface area contributed by atoms with E-state index in [1.54, 1.807) is 0 Å². The van der Waals surface area contributed by atoms with E-state index in [0.717, 1.165) is 6.42 Å². The molecule has 2 heterocycles. The number of aromatic nitrogens is 2.